The fourth-order valence-electron chi connectivity index (χ4n) is 4.14. The molecule has 0 unspecified atom stereocenters. The average Bonchev–Trinajstić information content (AvgIpc) is 3.01. The highest BCUT2D eigenvalue weighted by Crippen LogP contribution is 2.40. The number of carbonyl (C=O) groups is 1. The SMILES string of the molecule is CCCCOc1cc(/C=C\C(=O)c2c(OCCCC)ccc(OCCCC)c2OCCCC)c(OCCCC)c(OC)c1. The van der Waals surface area contributed by atoms with Crippen LogP contribution in [0.3, 0.4) is 0 Å². The van der Waals surface area contributed by atoms with E-state index in [1.54, 1.807) is 19.3 Å². The van der Waals surface area contributed by atoms with Crippen molar-refractivity contribution in [1.82, 2.24) is 0 Å². The van der Waals surface area contributed by atoms with Crippen molar-refractivity contribution in [2.24, 2.45) is 0 Å². The second kappa shape index (κ2) is 21.4. The van der Waals surface area contributed by atoms with Gasteiger partial charge in [0.1, 0.15) is 17.1 Å². The summed E-state index contributed by atoms with van der Waals surface area (Å²) in [7, 11) is 1.61. The largest absolute Gasteiger partial charge is 0.493 e. The maximum absolute atomic E-state index is 14.0. The van der Waals surface area contributed by atoms with Gasteiger partial charge in [0.05, 0.1) is 40.1 Å². The van der Waals surface area contributed by atoms with Crippen LogP contribution >= 0.6 is 0 Å². The lowest BCUT2D eigenvalue weighted by molar-refractivity contribution is 0.103. The number of allylic oxidation sites excluding steroid dienone is 1. The average molecular weight is 599 g/mol. The Labute approximate surface area is 259 Å². The monoisotopic (exact) mass is 598 g/mol. The van der Waals surface area contributed by atoms with Gasteiger partial charge in [-0.05, 0) is 62.5 Å². The zero-order valence-corrected chi connectivity index (χ0v) is 27.4. The molecule has 0 atom stereocenters. The number of ether oxygens (including phenoxy) is 6. The molecule has 0 N–H and O–H groups in total. The van der Waals surface area contributed by atoms with Gasteiger partial charge in [0.25, 0.3) is 0 Å². The molecule has 0 aliphatic heterocycles. The first kappa shape index (κ1) is 35.8. The maximum Gasteiger partial charge on any atom is 0.193 e. The number of hydrogen-bond donors (Lipinski definition) is 0. The third-order valence-corrected chi connectivity index (χ3v) is 6.79. The fourth-order valence-corrected chi connectivity index (χ4v) is 4.14. The Morgan fingerprint density at radius 3 is 1.65 bits per heavy atom. The van der Waals surface area contributed by atoms with Crippen LogP contribution in [-0.4, -0.2) is 45.9 Å². The molecule has 7 heteroatoms. The molecule has 0 amide bonds. The fraction of sp³-hybridized carbons (Fsp3) is 0.583. The van der Waals surface area contributed by atoms with E-state index < -0.39 is 0 Å². The summed E-state index contributed by atoms with van der Waals surface area (Å²) < 4.78 is 36.3. The van der Waals surface area contributed by atoms with E-state index in [4.69, 9.17) is 28.4 Å². The van der Waals surface area contributed by atoms with Crippen LogP contribution in [-0.2, 0) is 0 Å². The quantitative estimate of drug-likeness (QED) is 0.0677. The molecular formula is C36H54O7. The second-order valence-electron chi connectivity index (χ2n) is 10.5. The third kappa shape index (κ3) is 12.0. The predicted molar refractivity (Wildman–Crippen MR) is 175 cm³/mol. The van der Waals surface area contributed by atoms with E-state index in [1.165, 1.54) is 0 Å². The van der Waals surface area contributed by atoms with Gasteiger partial charge in [-0.2, -0.15) is 0 Å². The topological polar surface area (TPSA) is 72.5 Å². The molecule has 43 heavy (non-hydrogen) atoms. The van der Waals surface area contributed by atoms with Gasteiger partial charge in [-0.15, -0.1) is 0 Å². The Bertz CT molecular complexity index is 1110. The van der Waals surface area contributed by atoms with E-state index >= 15 is 0 Å². The number of unbranched alkanes of at least 4 members (excludes halogenated alkanes) is 5. The zero-order valence-electron chi connectivity index (χ0n) is 27.4. The molecule has 0 bridgehead atoms. The van der Waals surface area contributed by atoms with Gasteiger partial charge in [0.2, 0.25) is 0 Å². The van der Waals surface area contributed by atoms with Crippen LogP contribution in [0.25, 0.3) is 6.08 Å². The van der Waals surface area contributed by atoms with Crippen LogP contribution in [0.1, 0.15) is 115 Å². The summed E-state index contributed by atoms with van der Waals surface area (Å²) >= 11 is 0. The Balaban J connectivity index is 2.58. The lowest BCUT2D eigenvalue weighted by Crippen LogP contribution is -2.10. The van der Waals surface area contributed by atoms with Crippen molar-refractivity contribution in [1.29, 1.82) is 0 Å². The number of hydrogen-bond acceptors (Lipinski definition) is 7. The Morgan fingerprint density at radius 1 is 0.605 bits per heavy atom. The van der Waals surface area contributed by atoms with Gasteiger partial charge in [0, 0.05) is 11.6 Å². The van der Waals surface area contributed by atoms with Gasteiger partial charge in [-0.1, -0.05) is 66.7 Å². The maximum atomic E-state index is 14.0. The smallest absolute Gasteiger partial charge is 0.193 e. The molecule has 0 saturated heterocycles. The molecule has 0 radical (unpaired) electrons. The molecule has 0 aliphatic carbocycles. The summed E-state index contributed by atoms with van der Waals surface area (Å²) in [6.45, 7) is 13.2. The van der Waals surface area contributed by atoms with E-state index in [0.717, 1.165) is 64.2 Å². The first-order valence-electron chi connectivity index (χ1n) is 16.3. The molecule has 2 aromatic rings. The predicted octanol–water partition coefficient (Wildman–Crippen LogP) is 9.49. The summed E-state index contributed by atoms with van der Waals surface area (Å²) in [6.07, 6.45) is 12.8. The lowest BCUT2D eigenvalue weighted by Gasteiger charge is -2.19. The molecule has 2 rings (SSSR count). The van der Waals surface area contributed by atoms with E-state index in [9.17, 15) is 4.79 Å². The van der Waals surface area contributed by atoms with Gasteiger partial charge in [-0.3, -0.25) is 4.79 Å². The van der Waals surface area contributed by atoms with Crippen molar-refractivity contribution in [2.75, 3.05) is 40.1 Å². The highest BCUT2D eigenvalue weighted by molar-refractivity contribution is 6.11. The van der Waals surface area contributed by atoms with E-state index in [1.807, 2.05) is 24.3 Å². The van der Waals surface area contributed by atoms with Crippen molar-refractivity contribution in [2.45, 2.75) is 98.8 Å². The van der Waals surface area contributed by atoms with Gasteiger partial charge < -0.3 is 28.4 Å². The Morgan fingerprint density at radius 2 is 1.09 bits per heavy atom. The molecular weight excluding hydrogens is 544 g/mol. The minimum absolute atomic E-state index is 0.241. The van der Waals surface area contributed by atoms with Gasteiger partial charge in [0.15, 0.2) is 28.8 Å². The molecule has 240 valence electrons. The van der Waals surface area contributed by atoms with Crippen LogP contribution in [0, 0.1) is 0 Å². The molecule has 7 nitrogen and oxygen atoms in total. The molecule has 2 aromatic carbocycles. The van der Waals surface area contributed by atoms with E-state index in [-0.39, 0.29) is 5.78 Å². The van der Waals surface area contributed by atoms with Crippen molar-refractivity contribution in [3.8, 4) is 34.5 Å². The number of benzene rings is 2. The summed E-state index contributed by atoms with van der Waals surface area (Å²) in [4.78, 5) is 14.0. The minimum atomic E-state index is -0.241. The minimum Gasteiger partial charge on any atom is -0.493 e. The Kier molecular flexibility index (Phi) is 17.8. The van der Waals surface area contributed by atoms with Crippen molar-refractivity contribution < 1.29 is 33.2 Å². The summed E-state index contributed by atoms with van der Waals surface area (Å²) in [5.41, 5.74) is 1.07. The van der Waals surface area contributed by atoms with Crippen LogP contribution in [0.5, 0.6) is 34.5 Å². The summed E-state index contributed by atoms with van der Waals surface area (Å²) in [5, 5.41) is 0. The normalized spacial score (nSPS) is 11.0. The van der Waals surface area contributed by atoms with E-state index in [2.05, 4.69) is 34.6 Å². The number of carbonyl (C=O) groups excluding carboxylic acids is 1. The molecule has 0 saturated carbocycles. The van der Waals surface area contributed by atoms with Crippen molar-refractivity contribution in [3.63, 3.8) is 0 Å². The third-order valence-electron chi connectivity index (χ3n) is 6.79. The van der Waals surface area contributed by atoms with Gasteiger partial charge in [-0.25, -0.2) is 0 Å². The molecule has 0 aromatic heterocycles. The van der Waals surface area contributed by atoms with Crippen LogP contribution in [0.2, 0.25) is 0 Å². The molecule has 0 fully saturated rings. The van der Waals surface area contributed by atoms with Crippen molar-refractivity contribution in [3.05, 3.63) is 41.5 Å². The second-order valence-corrected chi connectivity index (χ2v) is 10.5. The number of methoxy groups -OCH3 is 1. The summed E-state index contributed by atoms with van der Waals surface area (Å²) in [5.74, 6) is 3.05. The van der Waals surface area contributed by atoms with Gasteiger partial charge >= 0.3 is 0 Å². The molecule has 0 heterocycles. The van der Waals surface area contributed by atoms with Crippen LogP contribution < -0.4 is 28.4 Å². The molecule has 0 aliphatic rings. The number of rotatable bonds is 24. The van der Waals surface area contributed by atoms with Crippen LogP contribution in [0.15, 0.2) is 30.3 Å². The standard InChI is InChI=1S/C36H54O7/c1-7-12-21-39-29-26-28(35(33(27-29)38-6)42-24-15-10-4)17-18-30(37)34-31(40-22-13-8-2)19-20-32(41-23-14-9-3)36(34)43-25-16-11-5/h17-20,26-27H,7-16,21-25H2,1-6H3/b18-17-. The highest BCUT2D eigenvalue weighted by atomic mass is 16.5. The first-order valence-corrected chi connectivity index (χ1v) is 16.3. The lowest BCUT2D eigenvalue weighted by atomic mass is 10.0. The first-order chi connectivity index (χ1) is 21.0. The Hall–Kier alpha value is -3.35. The summed E-state index contributed by atoms with van der Waals surface area (Å²) in [6, 6.07) is 7.40. The van der Waals surface area contributed by atoms with Crippen molar-refractivity contribution >= 4 is 11.9 Å². The van der Waals surface area contributed by atoms with Crippen LogP contribution in [0.4, 0.5) is 0 Å². The van der Waals surface area contributed by atoms with E-state index in [0.29, 0.717) is 78.7 Å². The number of ketones is 1. The molecule has 0 spiro atoms. The highest BCUT2D eigenvalue weighted by Gasteiger charge is 2.23. The zero-order chi connectivity index (χ0) is 31.3.